The van der Waals surface area contributed by atoms with Gasteiger partial charge in [0.1, 0.15) is 5.54 Å². The summed E-state index contributed by atoms with van der Waals surface area (Å²) in [5.74, 6) is -0.645. The standard InChI is InChI=1S/C13H18N2O4/c1-2-19-10(16)6-5-9-15-11(17)13(14-12(15)18)7-3-4-8-13/h5-6H,2-4,7-9H2,1H3,(H,14,18)/b6-5+. The second-order valence-electron chi connectivity index (χ2n) is 4.79. The molecule has 1 saturated carbocycles. The molecule has 0 radical (unpaired) electrons. The quantitative estimate of drug-likeness (QED) is 0.467. The molecule has 1 heterocycles. The summed E-state index contributed by atoms with van der Waals surface area (Å²) in [4.78, 5) is 36.3. The van der Waals surface area contributed by atoms with E-state index in [-0.39, 0.29) is 18.5 Å². The first-order chi connectivity index (χ1) is 9.09. The lowest BCUT2D eigenvalue weighted by Crippen LogP contribution is -2.44. The van der Waals surface area contributed by atoms with Crippen LogP contribution in [-0.4, -0.2) is 41.5 Å². The maximum Gasteiger partial charge on any atom is 0.330 e. The number of nitrogens with one attached hydrogen (secondary N) is 1. The van der Waals surface area contributed by atoms with Crippen molar-refractivity contribution in [3.05, 3.63) is 12.2 Å². The maximum absolute atomic E-state index is 12.2. The highest BCUT2D eigenvalue weighted by Crippen LogP contribution is 2.34. The third-order valence-electron chi connectivity index (χ3n) is 3.53. The molecule has 0 bridgehead atoms. The number of nitrogens with zero attached hydrogens (tertiary/aromatic N) is 1. The highest BCUT2D eigenvalue weighted by Gasteiger charge is 2.51. The van der Waals surface area contributed by atoms with Crippen molar-refractivity contribution in [2.75, 3.05) is 13.2 Å². The van der Waals surface area contributed by atoms with Gasteiger partial charge in [0.25, 0.3) is 5.91 Å². The third-order valence-corrected chi connectivity index (χ3v) is 3.53. The minimum atomic E-state index is -0.686. The van der Waals surface area contributed by atoms with E-state index in [4.69, 9.17) is 4.74 Å². The first-order valence-electron chi connectivity index (χ1n) is 6.56. The summed E-state index contributed by atoms with van der Waals surface area (Å²) in [5.41, 5.74) is -0.686. The molecule has 0 aromatic rings. The minimum Gasteiger partial charge on any atom is -0.463 e. The van der Waals surface area contributed by atoms with Gasteiger partial charge >= 0.3 is 12.0 Å². The molecule has 2 fully saturated rings. The van der Waals surface area contributed by atoms with Crippen LogP contribution in [0.4, 0.5) is 4.79 Å². The summed E-state index contributed by atoms with van der Waals surface area (Å²) in [6.07, 6.45) is 6.04. The van der Waals surface area contributed by atoms with Crippen molar-refractivity contribution in [3.63, 3.8) is 0 Å². The second-order valence-corrected chi connectivity index (χ2v) is 4.79. The lowest BCUT2D eigenvalue weighted by Gasteiger charge is -2.19. The van der Waals surface area contributed by atoms with Crippen LogP contribution in [0.25, 0.3) is 0 Å². The number of rotatable bonds is 4. The van der Waals surface area contributed by atoms with Crippen molar-refractivity contribution in [3.8, 4) is 0 Å². The Labute approximate surface area is 111 Å². The van der Waals surface area contributed by atoms with Crippen LogP contribution in [0.3, 0.4) is 0 Å². The first-order valence-corrected chi connectivity index (χ1v) is 6.56. The van der Waals surface area contributed by atoms with Crippen molar-refractivity contribution < 1.29 is 19.1 Å². The molecule has 19 heavy (non-hydrogen) atoms. The second kappa shape index (κ2) is 5.42. The maximum atomic E-state index is 12.2. The van der Waals surface area contributed by atoms with Crippen molar-refractivity contribution in [2.24, 2.45) is 0 Å². The zero-order valence-corrected chi connectivity index (χ0v) is 11.0. The fourth-order valence-corrected chi connectivity index (χ4v) is 2.60. The molecule has 1 N–H and O–H groups in total. The SMILES string of the molecule is CCOC(=O)/C=C/CN1C(=O)NC2(CCCC2)C1=O. The average Bonchev–Trinajstić information content (AvgIpc) is 2.91. The Hall–Kier alpha value is -1.85. The largest absolute Gasteiger partial charge is 0.463 e. The molecule has 6 heteroatoms. The number of hydrogen-bond acceptors (Lipinski definition) is 4. The molecule has 1 aliphatic carbocycles. The lowest BCUT2D eigenvalue weighted by atomic mass is 9.98. The summed E-state index contributed by atoms with van der Waals surface area (Å²) >= 11 is 0. The van der Waals surface area contributed by atoms with E-state index < -0.39 is 11.5 Å². The number of amides is 3. The number of urea groups is 1. The van der Waals surface area contributed by atoms with E-state index in [2.05, 4.69) is 5.32 Å². The molecule has 0 atom stereocenters. The highest BCUT2D eigenvalue weighted by atomic mass is 16.5. The summed E-state index contributed by atoms with van der Waals surface area (Å²) in [6.45, 7) is 2.12. The smallest absolute Gasteiger partial charge is 0.330 e. The average molecular weight is 266 g/mol. The van der Waals surface area contributed by atoms with Gasteiger partial charge in [-0.3, -0.25) is 9.69 Å². The van der Waals surface area contributed by atoms with Gasteiger partial charge in [-0.25, -0.2) is 9.59 Å². The predicted molar refractivity (Wildman–Crippen MR) is 67.2 cm³/mol. The van der Waals surface area contributed by atoms with Gasteiger partial charge in [0.15, 0.2) is 0 Å². The fraction of sp³-hybridized carbons (Fsp3) is 0.615. The van der Waals surface area contributed by atoms with Gasteiger partial charge in [-0.05, 0) is 19.8 Å². The zero-order valence-electron chi connectivity index (χ0n) is 11.0. The van der Waals surface area contributed by atoms with Crippen LogP contribution < -0.4 is 5.32 Å². The van der Waals surface area contributed by atoms with Crippen molar-refractivity contribution >= 4 is 17.9 Å². The van der Waals surface area contributed by atoms with Gasteiger partial charge in [-0.2, -0.15) is 0 Å². The Morgan fingerprint density at radius 3 is 2.74 bits per heavy atom. The molecule has 2 rings (SSSR count). The van der Waals surface area contributed by atoms with Crippen molar-refractivity contribution in [2.45, 2.75) is 38.1 Å². The van der Waals surface area contributed by atoms with Crippen LogP contribution in [-0.2, 0) is 14.3 Å². The Morgan fingerprint density at radius 2 is 2.11 bits per heavy atom. The number of imide groups is 1. The summed E-state index contributed by atoms with van der Waals surface area (Å²) in [7, 11) is 0. The molecule has 1 spiro atoms. The van der Waals surface area contributed by atoms with E-state index in [0.717, 1.165) is 17.7 Å². The Kier molecular flexibility index (Phi) is 3.87. The number of hydrogen-bond donors (Lipinski definition) is 1. The zero-order chi connectivity index (χ0) is 13.9. The first kappa shape index (κ1) is 13.6. The van der Waals surface area contributed by atoms with Gasteiger partial charge in [-0.1, -0.05) is 18.9 Å². The third kappa shape index (κ3) is 2.62. The molecule has 104 valence electrons. The molecule has 3 amide bonds. The molecule has 1 aliphatic heterocycles. The number of esters is 1. The van der Waals surface area contributed by atoms with Crippen LogP contribution >= 0.6 is 0 Å². The number of carbonyl (C=O) groups excluding carboxylic acids is 3. The molecule has 0 unspecified atom stereocenters. The summed E-state index contributed by atoms with van der Waals surface area (Å²) in [5, 5.41) is 2.78. The van der Waals surface area contributed by atoms with Gasteiger partial charge in [0.05, 0.1) is 6.61 Å². The lowest BCUT2D eigenvalue weighted by molar-refractivity contribution is -0.137. The van der Waals surface area contributed by atoms with Crippen LogP contribution in [0.1, 0.15) is 32.6 Å². The number of ether oxygens (including phenoxy) is 1. The molecule has 2 aliphatic rings. The fourth-order valence-electron chi connectivity index (χ4n) is 2.60. The van der Waals surface area contributed by atoms with E-state index in [1.54, 1.807) is 6.92 Å². The normalized spacial score (nSPS) is 21.4. The molecule has 6 nitrogen and oxygen atoms in total. The van der Waals surface area contributed by atoms with Crippen LogP contribution in [0.15, 0.2) is 12.2 Å². The van der Waals surface area contributed by atoms with E-state index in [9.17, 15) is 14.4 Å². The van der Waals surface area contributed by atoms with E-state index >= 15 is 0 Å². The molecule has 0 aromatic heterocycles. The van der Waals surface area contributed by atoms with Crippen LogP contribution in [0, 0.1) is 0 Å². The molecule has 1 saturated heterocycles. The Bertz CT molecular complexity index is 424. The Balaban J connectivity index is 1.96. The van der Waals surface area contributed by atoms with Gasteiger partial charge in [0, 0.05) is 12.6 Å². The topological polar surface area (TPSA) is 75.7 Å². The van der Waals surface area contributed by atoms with Crippen LogP contribution in [0.2, 0.25) is 0 Å². The van der Waals surface area contributed by atoms with Gasteiger partial charge < -0.3 is 10.1 Å². The predicted octanol–water partition coefficient (Wildman–Crippen LogP) is 0.970. The molecular formula is C13H18N2O4. The van der Waals surface area contributed by atoms with E-state index in [1.807, 2.05) is 0 Å². The molecular weight excluding hydrogens is 248 g/mol. The van der Waals surface area contributed by atoms with Gasteiger partial charge in [-0.15, -0.1) is 0 Å². The monoisotopic (exact) mass is 266 g/mol. The summed E-state index contributed by atoms with van der Waals surface area (Å²) in [6, 6.07) is -0.375. The Morgan fingerprint density at radius 1 is 1.42 bits per heavy atom. The van der Waals surface area contributed by atoms with Gasteiger partial charge in [0.2, 0.25) is 0 Å². The van der Waals surface area contributed by atoms with E-state index in [0.29, 0.717) is 19.4 Å². The van der Waals surface area contributed by atoms with Crippen molar-refractivity contribution in [1.82, 2.24) is 10.2 Å². The van der Waals surface area contributed by atoms with E-state index in [1.165, 1.54) is 12.2 Å². The summed E-state index contributed by atoms with van der Waals surface area (Å²) < 4.78 is 4.72. The minimum absolute atomic E-state index is 0.102. The van der Waals surface area contributed by atoms with Crippen molar-refractivity contribution in [1.29, 1.82) is 0 Å². The van der Waals surface area contributed by atoms with Crippen LogP contribution in [0.5, 0.6) is 0 Å². The highest BCUT2D eigenvalue weighted by molar-refractivity contribution is 6.07. The number of carbonyl (C=O) groups is 3. The molecule has 0 aromatic carbocycles.